The molecule has 0 amide bonds. The van der Waals surface area contributed by atoms with Crippen LogP contribution in [0, 0.1) is 0 Å². The van der Waals surface area contributed by atoms with Gasteiger partial charge in [-0.3, -0.25) is 4.68 Å². The molecule has 7 nitrogen and oxygen atoms in total. The maximum Gasteiger partial charge on any atom is 0.494 e. The van der Waals surface area contributed by atoms with E-state index in [0.717, 1.165) is 25.9 Å². The van der Waals surface area contributed by atoms with Crippen molar-refractivity contribution in [1.82, 2.24) is 9.78 Å². The Morgan fingerprint density at radius 3 is 2.75 bits per heavy atom. The quantitative estimate of drug-likeness (QED) is 0.677. The summed E-state index contributed by atoms with van der Waals surface area (Å²) in [5, 5.41) is 24.5. The van der Waals surface area contributed by atoms with Gasteiger partial charge in [0.1, 0.15) is 0 Å². The fourth-order valence-corrected chi connectivity index (χ4v) is 2.24. The van der Waals surface area contributed by atoms with E-state index in [4.69, 9.17) is 14.1 Å². The number of rotatable bonds is 8. The standard InChI is InChI=1S/C16H29BN2O5/c1-15(2,20)16(3,4)24-17(21)13-11-18-19(12-13)8-10-23-14-7-5-6-9-22-14/h11-12,14,20-21H,5-10H2,1-4H3/t14-/m0/s1. The third-order valence-electron chi connectivity index (χ3n) is 4.58. The molecule has 1 fully saturated rings. The normalized spacial score (nSPS) is 19.5. The first-order chi connectivity index (χ1) is 11.2. The van der Waals surface area contributed by atoms with Crippen LogP contribution in [0.15, 0.2) is 12.4 Å². The topological polar surface area (TPSA) is 86.0 Å². The van der Waals surface area contributed by atoms with Crippen molar-refractivity contribution in [3.8, 4) is 0 Å². The maximum atomic E-state index is 10.2. The van der Waals surface area contributed by atoms with Crippen LogP contribution in [-0.4, -0.2) is 57.7 Å². The van der Waals surface area contributed by atoms with E-state index in [1.165, 1.54) is 0 Å². The Balaban J connectivity index is 1.81. The number of hydrogen-bond donors (Lipinski definition) is 2. The van der Waals surface area contributed by atoms with Gasteiger partial charge in [-0.05, 0) is 47.0 Å². The van der Waals surface area contributed by atoms with Crippen molar-refractivity contribution in [2.24, 2.45) is 0 Å². The predicted molar refractivity (Wildman–Crippen MR) is 90.8 cm³/mol. The first kappa shape index (κ1) is 19.4. The highest BCUT2D eigenvalue weighted by atomic mass is 16.7. The highest BCUT2D eigenvalue weighted by molar-refractivity contribution is 6.59. The average Bonchev–Trinajstić information content (AvgIpc) is 2.96. The third kappa shape index (κ3) is 5.29. The zero-order valence-corrected chi connectivity index (χ0v) is 15.1. The fraction of sp³-hybridized carbons (Fsp3) is 0.812. The first-order valence-electron chi connectivity index (χ1n) is 8.53. The van der Waals surface area contributed by atoms with Crippen molar-refractivity contribution in [2.45, 2.75) is 71.0 Å². The second kappa shape index (κ2) is 7.97. The van der Waals surface area contributed by atoms with Gasteiger partial charge in [-0.2, -0.15) is 5.10 Å². The number of hydrogen-bond acceptors (Lipinski definition) is 6. The molecule has 1 aromatic heterocycles. The summed E-state index contributed by atoms with van der Waals surface area (Å²) >= 11 is 0. The van der Waals surface area contributed by atoms with Crippen molar-refractivity contribution in [3.05, 3.63) is 12.4 Å². The molecule has 1 aliphatic heterocycles. The second-order valence-corrected chi connectivity index (χ2v) is 7.24. The van der Waals surface area contributed by atoms with E-state index in [2.05, 4.69) is 5.10 Å². The number of aliphatic hydroxyl groups is 1. The Morgan fingerprint density at radius 1 is 1.38 bits per heavy atom. The smallest absolute Gasteiger partial charge is 0.423 e. The predicted octanol–water partition coefficient (Wildman–Crippen LogP) is 0.680. The molecule has 0 aliphatic carbocycles. The van der Waals surface area contributed by atoms with Crippen LogP contribution in [0.2, 0.25) is 0 Å². The molecule has 1 aliphatic rings. The van der Waals surface area contributed by atoms with Crippen LogP contribution in [0.1, 0.15) is 47.0 Å². The molecule has 2 heterocycles. The largest absolute Gasteiger partial charge is 0.494 e. The van der Waals surface area contributed by atoms with Gasteiger partial charge < -0.3 is 24.3 Å². The summed E-state index contributed by atoms with van der Waals surface area (Å²) in [7, 11) is -1.15. The monoisotopic (exact) mass is 340 g/mol. The van der Waals surface area contributed by atoms with Crippen molar-refractivity contribution in [2.75, 3.05) is 13.2 Å². The van der Waals surface area contributed by atoms with Crippen LogP contribution >= 0.6 is 0 Å². The lowest BCUT2D eigenvalue weighted by Gasteiger charge is -2.38. The molecule has 1 atom stereocenters. The molecule has 8 heteroatoms. The van der Waals surface area contributed by atoms with Crippen LogP contribution < -0.4 is 5.46 Å². The van der Waals surface area contributed by atoms with Crippen LogP contribution in [-0.2, 0) is 20.7 Å². The van der Waals surface area contributed by atoms with E-state index >= 15 is 0 Å². The van der Waals surface area contributed by atoms with Crippen molar-refractivity contribution in [1.29, 1.82) is 0 Å². The molecule has 0 spiro atoms. The summed E-state index contributed by atoms with van der Waals surface area (Å²) in [6.07, 6.45) is 6.33. The molecule has 0 unspecified atom stereocenters. The Hall–Kier alpha value is -0.925. The molecular formula is C16H29BN2O5. The summed E-state index contributed by atoms with van der Waals surface area (Å²) in [4.78, 5) is 0. The minimum Gasteiger partial charge on any atom is -0.423 e. The van der Waals surface area contributed by atoms with Crippen LogP contribution in [0.3, 0.4) is 0 Å². The molecule has 136 valence electrons. The SMILES string of the molecule is CC(C)(O)C(C)(C)OB(O)c1cnn(CCO[C@H]2CCCCO2)c1. The van der Waals surface area contributed by atoms with Gasteiger partial charge in [0.2, 0.25) is 0 Å². The Labute approximate surface area is 144 Å². The zero-order valence-electron chi connectivity index (χ0n) is 15.1. The van der Waals surface area contributed by atoms with Gasteiger partial charge in [-0.25, -0.2) is 0 Å². The van der Waals surface area contributed by atoms with E-state index in [-0.39, 0.29) is 6.29 Å². The van der Waals surface area contributed by atoms with Gasteiger partial charge >= 0.3 is 7.12 Å². The van der Waals surface area contributed by atoms with Crippen LogP contribution in [0.25, 0.3) is 0 Å². The molecule has 2 rings (SSSR count). The Morgan fingerprint density at radius 2 is 2.12 bits per heavy atom. The molecular weight excluding hydrogens is 311 g/mol. The van der Waals surface area contributed by atoms with Crippen molar-refractivity contribution in [3.63, 3.8) is 0 Å². The number of ether oxygens (including phenoxy) is 2. The van der Waals surface area contributed by atoms with E-state index < -0.39 is 18.3 Å². The van der Waals surface area contributed by atoms with Gasteiger partial charge in [0.25, 0.3) is 0 Å². The third-order valence-corrected chi connectivity index (χ3v) is 4.58. The maximum absolute atomic E-state index is 10.2. The van der Waals surface area contributed by atoms with Crippen molar-refractivity contribution < 1.29 is 24.3 Å². The van der Waals surface area contributed by atoms with Gasteiger partial charge in [0.05, 0.1) is 24.4 Å². The van der Waals surface area contributed by atoms with Crippen LogP contribution in [0.4, 0.5) is 0 Å². The minimum absolute atomic E-state index is 0.115. The number of nitrogens with zero attached hydrogens (tertiary/aromatic N) is 2. The average molecular weight is 340 g/mol. The lowest BCUT2D eigenvalue weighted by atomic mass is 9.78. The zero-order chi connectivity index (χ0) is 17.8. The lowest BCUT2D eigenvalue weighted by Crippen LogP contribution is -2.53. The molecule has 0 bridgehead atoms. The highest BCUT2D eigenvalue weighted by Gasteiger charge is 2.39. The fourth-order valence-electron chi connectivity index (χ4n) is 2.24. The molecule has 0 radical (unpaired) electrons. The van der Waals surface area contributed by atoms with Crippen LogP contribution in [0.5, 0.6) is 0 Å². The van der Waals surface area contributed by atoms with E-state index in [9.17, 15) is 10.1 Å². The summed E-state index contributed by atoms with van der Waals surface area (Å²) in [6, 6.07) is 0. The first-order valence-corrected chi connectivity index (χ1v) is 8.53. The van der Waals surface area contributed by atoms with Gasteiger partial charge in [-0.15, -0.1) is 0 Å². The molecule has 1 saturated heterocycles. The highest BCUT2D eigenvalue weighted by Crippen LogP contribution is 2.25. The lowest BCUT2D eigenvalue weighted by molar-refractivity contribution is -0.163. The Bertz CT molecular complexity index is 509. The van der Waals surface area contributed by atoms with E-state index in [1.54, 1.807) is 44.8 Å². The van der Waals surface area contributed by atoms with Gasteiger partial charge in [0.15, 0.2) is 6.29 Å². The molecule has 24 heavy (non-hydrogen) atoms. The number of aromatic nitrogens is 2. The molecule has 0 aromatic carbocycles. The van der Waals surface area contributed by atoms with Gasteiger partial charge in [-0.1, -0.05) is 0 Å². The molecule has 0 saturated carbocycles. The summed E-state index contributed by atoms with van der Waals surface area (Å²) in [5.74, 6) is 0. The van der Waals surface area contributed by atoms with Crippen molar-refractivity contribution >= 4 is 12.6 Å². The Kier molecular flexibility index (Phi) is 6.44. The summed E-state index contributed by atoms with van der Waals surface area (Å²) in [5.41, 5.74) is -1.45. The second-order valence-electron chi connectivity index (χ2n) is 7.24. The summed E-state index contributed by atoms with van der Waals surface area (Å²) < 4.78 is 18.5. The minimum atomic E-state index is -1.15. The molecule has 1 aromatic rings. The van der Waals surface area contributed by atoms with E-state index in [1.807, 2.05) is 0 Å². The summed E-state index contributed by atoms with van der Waals surface area (Å²) in [6.45, 7) is 8.59. The van der Waals surface area contributed by atoms with E-state index in [0.29, 0.717) is 18.6 Å². The molecule has 2 N–H and O–H groups in total. The van der Waals surface area contributed by atoms with Gasteiger partial charge in [0, 0.05) is 24.5 Å².